The first-order valence-electron chi connectivity index (χ1n) is 32.1. The van der Waals surface area contributed by atoms with E-state index in [1.165, 1.54) is 54.0 Å². The van der Waals surface area contributed by atoms with Crippen LogP contribution in [0.3, 0.4) is 0 Å². The van der Waals surface area contributed by atoms with Gasteiger partial charge >= 0.3 is 24.1 Å². The topological polar surface area (TPSA) is 253 Å². The molecule has 3 saturated carbocycles. The molecule has 1 aliphatic heterocycles. The van der Waals surface area contributed by atoms with E-state index in [2.05, 4.69) is 68.7 Å². The molecule has 88 heavy (non-hydrogen) atoms. The number of hydrogen-bond donors (Lipinski definition) is 5. The van der Waals surface area contributed by atoms with Crippen LogP contribution in [-0.4, -0.2) is 148 Å². The number of Topliss-reactive ketones (excluding diaryl/α,β-unsaturated/α-hetero) is 1. The molecule has 1 saturated heterocycles. The molecule has 1 heterocycles. The summed E-state index contributed by atoms with van der Waals surface area (Å²) in [5.74, 6) is -0.217. The number of ketones is 1. The van der Waals surface area contributed by atoms with Crippen molar-refractivity contribution in [2.75, 3.05) is 53.2 Å². The lowest BCUT2D eigenvalue weighted by atomic mass is 9.47. The van der Waals surface area contributed by atoms with E-state index in [0.717, 1.165) is 64.2 Å². The third-order valence-corrected chi connectivity index (χ3v) is 20.1. The molecule has 0 spiro atoms. The quantitative estimate of drug-likeness (QED) is 0.0149. The summed E-state index contributed by atoms with van der Waals surface area (Å²) >= 11 is 0. The number of allylic oxidation sites excluding steroid dienone is 1. The number of hydrogen-bond acceptors (Lipinski definition) is 17. The van der Waals surface area contributed by atoms with Gasteiger partial charge in [-0.3, -0.25) is 9.59 Å². The second-order valence-electron chi connectivity index (χ2n) is 26.2. The smallest absolute Gasteiger partial charge is 0.407 e. The van der Waals surface area contributed by atoms with Gasteiger partial charge in [-0.1, -0.05) is 108 Å². The summed E-state index contributed by atoms with van der Waals surface area (Å²) in [5, 5.41) is 37.3. The highest BCUT2D eigenvalue weighted by atomic mass is 16.7. The van der Waals surface area contributed by atoms with Crippen molar-refractivity contribution in [3.8, 4) is 16.9 Å². The Morgan fingerprint density at radius 1 is 0.795 bits per heavy atom. The number of amides is 2. The Kier molecular flexibility index (Phi) is 22.9. The molecular weight excluding hydrogens is 1130 g/mol. The monoisotopic (exact) mass is 1220 g/mol. The van der Waals surface area contributed by atoms with E-state index >= 15 is 0 Å². The molecular formula is C69H94N2O17. The van der Waals surface area contributed by atoms with Gasteiger partial charge in [0.25, 0.3) is 0 Å². The van der Waals surface area contributed by atoms with Crippen LogP contribution in [-0.2, 0) is 47.5 Å². The Bertz CT molecular complexity index is 2840. The van der Waals surface area contributed by atoms with Crippen LogP contribution in [0.15, 0.2) is 84.4 Å². The Balaban J connectivity index is 0.790. The van der Waals surface area contributed by atoms with E-state index in [0.29, 0.717) is 49.9 Å². The summed E-state index contributed by atoms with van der Waals surface area (Å²) in [6.45, 7) is 11.6. The van der Waals surface area contributed by atoms with Crippen molar-refractivity contribution < 1.29 is 81.9 Å². The van der Waals surface area contributed by atoms with Gasteiger partial charge in [-0.2, -0.15) is 0 Å². The van der Waals surface area contributed by atoms with E-state index in [1.54, 1.807) is 12.1 Å². The molecule has 482 valence electrons. The molecule has 4 fully saturated rings. The molecule has 0 aromatic heterocycles. The fourth-order valence-corrected chi connectivity index (χ4v) is 15.5. The van der Waals surface area contributed by atoms with Gasteiger partial charge in [0.15, 0.2) is 18.7 Å². The van der Waals surface area contributed by atoms with E-state index in [-0.39, 0.29) is 71.1 Å². The SMILES string of the molecule is COc1ccc(C(=O)OCC(OCC(O)CO)OC2C(O)COC(OC3CC4C5CC=C6CC(OC(=O)NCCCCCCNC(=O)OCC7c8ccccc8-c8ccccc87)CCC6(C)C5CCC4(C)C3[C@H](C)C(=O)CCC(C)C)C2OC(C)=O)cc1. The second-order valence-corrected chi connectivity index (χ2v) is 26.2. The molecule has 2 amide bonds. The van der Waals surface area contributed by atoms with Crippen LogP contribution >= 0.6 is 0 Å². The maximum atomic E-state index is 14.4. The van der Waals surface area contributed by atoms with Crippen LogP contribution < -0.4 is 15.4 Å². The van der Waals surface area contributed by atoms with E-state index < -0.39 is 87.0 Å². The van der Waals surface area contributed by atoms with E-state index in [1.807, 2.05) is 31.2 Å². The number of esters is 2. The number of aliphatic hydroxyl groups is 3. The zero-order chi connectivity index (χ0) is 62.7. The van der Waals surface area contributed by atoms with Gasteiger partial charge in [-0.25, -0.2) is 14.4 Å². The Hall–Kier alpha value is -5.93. The number of carbonyl (C=O) groups excluding carboxylic acids is 5. The number of carbonyl (C=O) groups is 5. The molecule has 3 aromatic carbocycles. The lowest BCUT2D eigenvalue weighted by molar-refractivity contribution is -0.320. The molecule has 14 unspecified atom stereocenters. The molecule has 0 radical (unpaired) electrons. The molecule has 6 aliphatic rings. The average molecular weight is 1220 g/mol. The summed E-state index contributed by atoms with van der Waals surface area (Å²) in [5.41, 5.74) is 5.84. The summed E-state index contributed by atoms with van der Waals surface area (Å²) in [4.78, 5) is 66.4. The number of fused-ring (bicyclic) bond motifs is 8. The summed E-state index contributed by atoms with van der Waals surface area (Å²) in [7, 11) is 1.50. The Labute approximate surface area is 518 Å². The average Bonchev–Trinajstić information content (AvgIpc) is 1.48. The fraction of sp³-hybridized carbons (Fsp3) is 0.638. The third kappa shape index (κ3) is 15.6. The summed E-state index contributed by atoms with van der Waals surface area (Å²) in [6, 6.07) is 22.8. The van der Waals surface area contributed by atoms with Gasteiger partial charge in [0.05, 0.1) is 38.6 Å². The van der Waals surface area contributed by atoms with Crippen LogP contribution in [0.2, 0.25) is 0 Å². The first-order chi connectivity index (χ1) is 42.3. The van der Waals surface area contributed by atoms with E-state index in [9.17, 15) is 39.3 Å². The largest absolute Gasteiger partial charge is 0.497 e. The van der Waals surface area contributed by atoms with Gasteiger partial charge < -0.3 is 68.6 Å². The lowest BCUT2D eigenvalue weighted by Crippen LogP contribution is -2.59. The van der Waals surface area contributed by atoms with Crippen molar-refractivity contribution in [2.24, 2.45) is 46.3 Å². The minimum atomic E-state index is -1.42. The van der Waals surface area contributed by atoms with Crippen LogP contribution in [0.4, 0.5) is 9.59 Å². The van der Waals surface area contributed by atoms with Crippen LogP contribution in [0.25, 0.3) is 11.1 Å². The van der Waals surface area contributed by atoms with Crippen molar-refractivity contribution in [2.45, 2.75) is 180 Å². The number of alkyl carbamates (subject to hydrolysis) is 2. The van der Waals surface area contributed by atoms with Crippen molar-refractivity contribution in [3.05, 3.63) is 101 Å². The van der Waals surface area contributed by atoms with Gasteiger partial charge in [0.2, 0.25) is 0 Å². The molecule has 19 nitrogen and oxygen atoms in total. The molecule has 19 heteroatoms. The lowest BCUT2D eigenvalue weighted by Gasteiger charge is -2.58. The minimum Gasteiger partial charge on any atom is -0.497 e. The number of aliphatic hydroxyl groups excluding tert-OH is 3. The highest BCUT2D eigenvalue weighted by Crippen LogP contribution is 2.68. The third-order valence-electron chi connectivity index (χ3n) is 20.1. The molecule has 0 bridgehead atoms. The molecule has 15 atom stereocenters. The highest BCUT2D eigenvalue weighted by Gasteiger charge is 2.64. The highest BCUT2D eigenvalue weighted by molar-refractivity contribution is 5.89. The number of benzene rings is 3. The van der Waals surface area contributed by atoms with Crippen LogP contribution in [0.5, 0.6) is 5.75 Å². The summed E-state index contributed by atoms with van der Waals surface area (Å²) in [6.07, 6.45) is 2.83. The van der Waals surface area contributed by atoms with Gasteiger partial charge in [-0.05, 0) is 139 Å². The normalized spacial score (nSPS) is 28.9. The van der Waals surface area contributed by atoms with Gasteiger partial charge in [0.1, 0.15) is 49.2 Å². The first kappa shape index (κ1) is 66.5. The van der Waals surface area contributed by atoms with Crippen molar-refractivity contribution >= 4 is 29.9 Å². The predicted molar refractivity (Wildman–Crippen MR) is 326 cm³/mol. The zero-order valence-electron chi connectivity index (χ0n) is 52.4. The molecule has 5 N–H and O–H groups in total. The first-order valence-corrected chi connectivity index (χ1v) is 32.1. The van der Waals surface area contributed by atoms with E-state index in [4.69, 9.17) is 42.6 Å². The zero-order valence-corrected chi connectivity index (χ0v) is 52.4. The Morgan fingerprint density at radius 2 is 1.48 bits per heavy atom. The van der Waals surface area contributed by atoms with Crippen molar-refractivity contribution in [1.29, 1.82) is 0 Å². The van der Waals surface area contributed by atoms with Crippen LogP contribution in [0.1, 0.15) is 152 Å². The number of ether oxygens (including phenoxy) is 9. The van der Waals surface area contributed by atoms with Crippen molar-refractivity contribution in [3.63, 3.8) is 0 Å². The van der Waals surface area contributed by atoms with Gasteiger partial charge in [-0.15, -0.1) is 0 Å². The maximum Gasteiger partial charge on any atom is 0.407 e. The number of methoxy groups -OCH3 is 1. The predicted octanol–water partition coefficient (Wildman–Crippen LogP) is 9.99. The second kappa shape index (κ2) is 30.3. The fourth-order valence-electron chi connectivity index (χ4n) is 15.5. The maximum absolute atomic E-state index is 14.4. The van der Waals surface area contributed by atoms with Crippen LogP contribution in [0, 0.1) is 46.3 Å². The van der Waals surface area contributed by atoms with Gasteiger partial charge in [0, 0.05) is 50.6 Å². The molecule has 3 aromatic rings. The standard InChI is InChI=1S/C69H94N2O17/c1-41(2)20-27-57(75)42(3)61-59(87-65-63(85-43(4)73)62(58(76)39-83-65)88-60(81-37-46(74)36-72)40-82-64(77)44-21-24-47(80-7)25-22-44)35-56-53-26-23-45-34-48(28-30-68(45,5)55(53)29-31-69(56,61)6)86-67(79)71-33-15-9-8-14-32-70-66(78)84-38-54-51-18-12-10-16-49(51)50-17-11-13-19-52(50)54/h10-13,16-19,21-25,41-42,46,48,53-56,58-63,65,72,74,76H,8-9,14-15,20,26-40H2,1-7H3,(H,70,78)(H,71,79)/t42-,46?,48?,53?,55?,56?,58?,59?,60?,61?,62?,63?,65?,68?,69?/m1/s1. The molecule has 9 rings (SSSR count). The molecule has 5 aliphatic carbocycles. The number of nitrogens with one attached hydrogen (secondary N) is 2. The number of unbranched alkanes of at least 4 members (excludes halogenated alkanes) is 3. The van der Waals surface area contributed by atoms with Crippen molar-refractivity contribution in [1.82, 2.24) is 10.6 Å². The summed E-state index contributed by atoms with van der Waals surface area (Å²) < 4.78 is 54.0. The Morgan fingerprint density at radius 3 is 2.14 bits per heavy atom. The number of rotatable bonds is 28. The minimum absolute atomic E-state index is 0.0104.